The maximum absolute atomic E-state index is 13.1. The summed E-state index contributed by atoms with van der Waals surface area (Å²) < 4.78 is 13.6. The van der Waals surface area contributed by atoms with E-state index in [1.165, 1.54) is 0 Å². The van der Waals surface area contributed by atoms with E-state index in [9.17, 15) is 14.4 Å². The highest BCUT2D eigenvalue weighted by Crippen LogP contribution is 2.51. The number of ketones is 2. The predicted octanol–water partition coefficient (Wildman–Crippen LogP) is 6.36. The van der Waals surface area contributed by atoms with Crippen molar-refractivity contribution in [3.63, 3.8) is 0 Å². The number of halogens is 2. The number of Topliss-reactive ketones (excluding diaryl/α,β-unsaturated/α-hetero) is 2. The van der Waals surface area contributed by atoms with Crippen molar-refractivity contribution >= 4 is 55.0 Å². The summed E-state index contributed by atoms with van der Waals surface area (Å²) in [5, 5.41) is 2.81. The van der Waals surface area contributed by atoms with Gasteiger partial charge in [-0.25, -0.2) is 0 Å². The third kappa shape index (κ3) is 4.86. The van der Waals surface area contributed by atoms with Gasteiger partial charge in [-0.05, 0) is 53.0 Å². The molecular formula is C27H23Br2NO5. The number of benzene rings is 2. The quantitative estimate of drug-likeness (QED) is 0.432. The number of hydrogen-bond donors (Lipinski definition) is 1. The summed E-state index contributed by atoms with van der Waals surface area (Å²) in [7, 11) is 0. The second kappa shape index (κ2) is 10.1. The van der Waals surface area contributed by atoms with Crippen molar-refractivity contribution in [1.82, 2.24) is 0 Å². The van der Waals surface area contributed by atoms with Gasteiger partial charge in [0.2, 0.25) is 0 Å². The molecule has 0 atom stereocenters. The number of amides is 1. The molecule has 3 aliphatic rings. The van der Waals surface area contributed by atoms with Crippen molar-refractivity contribution in [1.29, 1.82) is 0 Å². The fourth-order valence-electron chi connectivity index (χ4n) is 4.93. The molecule has 1 aliphatic heterocycles. The first kappa shape index (κ1) is 24.0. The van der Waals surface area contributed by atoms with Gasteiger partial charge < -0.3 is 14.8 Å². The van der Waals surface area contributed by atoms with Crippen LogP contribution in [0.1, 0.15) is 50.0 Å². The van der Waals surface area contributed by atoms with E-state index >= 15 is 0 Å². The van der Waals surface area contributed by atoms with Crippen molar-refractivity contribution in [2.45, 2.75) is 44.4 Å². The highest BCUT2D eigenvalue weighted by atomic mass is 79.9. The molecule has 5 rings (SSSR count). The van der Waals surface area contributed by atoms with Gasteiger partial charge in [0.1, 0.15) is 17.3 Å². The summed E-state index contributed by atoms with van der Waals surface area (Å²) >= 11 is 7.11. The lowest BCUT2D eigenvalue weighted by Crippen LogP contribution is -2.31. The maximum Gasteiger partial charge on any atom is 0.262 e. The minimum atomic E-state index is -0.588. The minimum absolute atomic E-state index is 0.00922. The smallest absolute Gasteiger partial charge is 0.262 e. The van der Waals surface area contributed by atoms with E-state index in [1.807, 2.05) is 30.3 Å². The van der Waals surface area contributed by atoms with Gasteiger partial charge in [0.25, 0.3) is 5.91 Å². The van der Waals surface area contributed by atoms with Crippen LogP contribution in [0.4, 0.5) is 5.69 Å². The third-order valence-electron chi connectivity index (χ3n) is 6.39. The Hall–Kier alpha value is -2.71. The normalized spacial score (nSPS) is 18.1. The van der Waals surface area contributed by atoms with Crippen molar-refractivity contribution in [3.8, 4) is 5.75 Å². The zero-order valence-corrected chi connectivity index (χ0v) is 22.0. The fourth-order valence-corrected chi connectivity index (χ4v) is 6.30. The molecule has 0 bridgehead atoms. The minimum Gasteiger partial charge on any atom is -0.482 e. The van der Waals surface area contributed by atoms with Crippen LogP contribution < -0.4 is 10.1 Å². The summed E-state index contributed by atoms with van der Waals surface area (Å²) in [4.78, 5) is 38.9. The Labute approximate surface area is 220 Å². The fraction of sp³-hybridized carbons (Fsp3) is 0.296. The van der Waals surface area contributed by atoms with Crippen LogP contribution in [-0.4, -0.2) is 24.1 Å². The average molecular weight is 601 g/mol. The molecule has 1 heterocycles. The van der Waals surface area contributed by atoms with Gasteiger partial charge in [0.15, 0.2) is 18.2 Å². The first-order chi connectivity index (χ1) is 16.9. The van der Waals surface area contributed by atoms with Crippen LogP contribution in [0.25, 0.3) is 0 Å². The van der Waals surface area contributed by atoms with E-state index in [0.717, 1.165) is 17.3 Å². The molecule has 2 aromatic rings. The molecule has 2 aliphatic carbocycles. The van der Waals surface area contributed by atoms with Gasteiger partial charge in [-0.1, -0.05) is 34.1 Å². The zero-order chi connectivity index (χ0) is 24.5. The Morgan fingerprint density at radius 3 is 2.20 bits per heavy atom. The highest BCUT2D eigenvalue weighted by molar-refractivity contribution is 9.11. The van der Waals surface area contributed by atoms with Crippen molar-refractivity contribution in [3.05, 3.63) is 79.6 Å². The summed E-state index contributed by atoms with van der Waals surface area (Å²) in [6.07, 6.45) is 3.61. The van der Waals surface area contributed by atoms with E-state index in [4.69, 9.17) is 9.47 Å². The molecule has 35 heavy (non-hydrogen) atoms. The number of carbonyl (C=O) groups is 3. The van der Waals surface area contributed by atoms with Crippen molar-refractivity contribution in [2.24, 2.45) is 0 Å². The van der Waals surface area contributed by atoms with E-state index in [0.29, 0.717) is 69.8 Å². The lowest BCUT2D eigenvalue weighted by atomic mass is 9.73. The van der Waals surface area contributed by atoms with Crippen molar-refractivity contribution < 1.29 is 23.9 Å². The van der Waals surface area contributed by atoms with Crippen LogP contribution in [0.2, 0.25) is 0 Å². The van der Waals surface area contributed by atoms with Crippen LogP contribution in [0.15, 0.2) is 74.1 Å². The molecule has 0 radical (unpaired) electrons. The lowest BCUT2D eigenvalue weighted by molar-refractivity contribution is -0.119. The molecule has 6 nitrogen and oxygen atoms in total. The molecule has 0 aromatic heterocycles. The topological polar surface area (TPSA) is 81.7 Å². The lowest BCUT2D eigenvalue weighted by Gasteiger charge is -2.36. The monoisotopic (exact) mass is 599 g/mol. The molecule has 8 heteroatoms. The molecule has 0 saturated heterocycles. The number of anilines is 1. The standard InChI is InChI=1S/C27H23Br2NO5/c28-15-12-17(27(18(29)13-15)34-14-23(33)30-16-6-2-1-3-7-16)24-25-19(31)8-4-10-21(25)35-22-11-5-9-20(32)26(22)24/h1-3,6-7,12-13,24H,4-5,8-11,14H2,(H,30,33). The Morgan fingerprint density at radius 1 is 0.943 bits per heavy atom. The van der Waals surface area contributed by atoms with Crippen LogP contribution >= 0.6 is 31.9 Å². The number of carbonyl (C=O) groups excluding carboxylic acids is 3. The van der Waals surface area contributed by atoms with Crippen LogP contribution in [0, 0.1) is 0 Å². The number of allylic oxidation sites excluding steroid dienone is 4. The number of ether oxygens (including phenoxy) is 2. The van der Waals surface area contributed by atoms with E-state index in [1.54, 1.807) is 12.1 Å². The van der Waals surface area contributed by atoms with Gasteiger partial charge in [-0.3, -0.25) is 14.4 Å². The Morgan fingerprint density at radius 2 is 1.57 bits per heavy atom. The molecule has 1 N–H and O–H groups in total. The second-order valence-corrected chi connectivity index (χ2v) is 10.5. The first-order valence-corrected chi connectivity index (χ1v) is 13.2. The number of nitrogens with one attached hydrogen (secondary N) is 1. The van der Waals surface area contributed by atoms with E-state index in [-0.39, 0.29) is 24.1 Å². The zero-order valence-electron chi connectivity index (χ0n) is 18.9. The number of para-hydroxylation sites is 1. The summed E-state index contributed by atoms with van der Waals surface area (Å²) in [6, 6.07) is 12.8. The predicted molar refractivity (Wildman–Crippen MR) is 138 cm³/mol. The second-order valence-electron chi connectivity index (χ2n) is 8.77. The van der Waals surface area contributed by atoms with Crippen molar-refractivity contribution in [2.75, 3.05) is 11.9 Å². The van der Waals surface area contributed by atoms with E-state index < -0.39 is 5.92 Å². The third-order valence-corrected chi connectivity index (χ3v) is 7.44. The Balaban J connectivity index is 1.54. The van der Waals surface area contributed by atoms with Crippen LogP contribution in [0.3, 0.4) is 0 Å². The van der Waals surface area contributed by atoms with Crippen LogP contribution in [-0.2, 0) is 19.1 Å². The maximum atomic E-state index is 13.1. The molecule has 0 unspecified atom stereocenters. The summed E-state index contributed by atoms with van der Waals surface area (Å²) in [5.74, 6) is 0.822. The molecule has 0 fully saturated rings. The Kier molecular flexibility index (Phi) is 6.93. The molecule has 180 valence electrons. The molecule has 2 aromatic carbocycles. The van der Waals surface area contributed by atoms with Gasteiger partial charge in [-0.15, -0.1) is 0 Å². The summed E-state index contributed by atoms with van der Waals surface area (Å²) in [6.45, 7) is -0.231. The molecular weight excluding hydrogens is 578 g/mol. The Bertz CT molecular complexity index is 1240. The molecule has 1 amide bonds. The van der Waals surface area contributed by atoms with Gasteiger partial charge in [-0.2, -0.15) is 0 Å². The van der Waals surface area contributed by atoms with E-state index in [2.05, 4.69) is 37.2 Å². The first-order valence-electron chi connectivity index (χ1n) is 11.6. The molecule has 0 spiro atoms. The van der Waals surface area contributed by atoms with Gasteiger partial charge in [0.05, 0.1) is 10.4 Å². The number of hydrogen-bond acceptors (Lipinski definition) is 5. The van der Waals surface area contributed by atoms with Crippen LogP contribution in [0.5, 0.6) is 5.75 Å². The average Bonchev–Trinajstić information content (AvgIpc) is 2.83. The summed E-state index contributed by atoms with van der Waals surface area (Å²) in [5.41, 5.74) is 2.40. The van der Waals surface area contributed by atoms with Gasteiger partial charge >= 0.3 is 0 Å². The SMILES string of the molecule is O=C(COc1c(Br)cc(Br)cc1C1C2=C(CCCC2=O)OC2=C1C(=O)CCC2)Nc1ccccc1. The largest absolute Gasteiger partial charge is 0.482 e. The highest BCUT2D eigenvalue weighted by Gasteiger charge is 2.43. The number of rotatable bonds is 5. The molecule has 0 saturated carbocycles. The van der Waals surface area contributed by atoms with Gasteiger partial charge in [0, 0.05) is 52.6 Å².